The van der Waals surface area contributed by atoms with Gasteiger partial charge in [-0.3, -0.25) is 9.59 Å². The summed E-state index contributed by atoms with van der Waals surface area (Å²) in [5, 5.41) is 12.3. The molecule has 0 aliphatic heterocycles. The number of rotatable bonds is 4. The van der Waals surface area contributed by atoms with Crippen LogP contribution in [0.5, 0.6) is 0 Å². The first-order valence-electron chi connectivity index (χ1n) is 7.24. The number of carbonyl (C=O) groups excluding carboxylic acids is 1. The van der Waals surface area contributed by atoms with Gasteiger partial charge in [-0.15, -0.1) is 0 Å². The van der Waals surface area contributed by atoms with Gasteiger partial charge in [0.15, 0.2) is 0 Å². The second kappa shape index (κ2) is 6.94. The molecule has 0 aromatic heterocycles. The molecule has 1 aliphatic carbocycles. The van der Waals surface area contributed by atoms with E-state index in [1.54, 1.807) is 12.1 Å². The number of aliphatic carboxylic acids is 1. The van der Waals surface area contributed by atoms with Crippen molar-refractivity contribution in [3.63, 3.8) is 0 Å². The SMILES string of the molecule is Cc1ccc(C(=O)NCC2CCC(C(=O)O)CC2)c(Cl)c1. The highest BCUT2D eigenvalue weighted by molar-refractivity contribution is 6.33. The summed E-state index contributed by atoms with van der Waals surface area (Å²) >= 11 is 6.07. The Labute approximate surface area is 129 Å². The molecule has 21 heavy (non-hydrogen) atoms. The Bertz CT molecular complexity index is 536. The number of halogens is 1. The summed E-state index contributed by atoms with van der Waals surface area (Å²) < 4.78 is 0. The fraction of sp³-hybridized carbons (Fsp3) is 0.500. The van der Waals surface area contributed by atoms with Crippen LogP contribution in [0.1, 0.15) is 41.6 Å². The number of hydrogen-bond acceptors (Lipinski definition) is 2. The molecule has 0 atom stereocenters. The summed E-state index contributed by atoms with van der Waals surface area (Å²) in [5.41, 5.74) is 1.50. The minimum Gasteiger partial charge on any atom is -0.481 e. The number of aryl methyl sites for hydroxylation is 1. The maximum Gasteiger partial charge on any atom is 0.306 e. The van der Waals surface area contributed by atoms with Crippen LogP contribution in [-0.2, 0) is 4.79 Å². The van der Waals surface area contributed by atoms with Gasteiger partial charge in [-0.2, -0.15) is 0 Å². The molecule has 0 bridgehead atoms. The van der Waals surface area contributed by atoms with Crippen LogP contribution >= 0.6 is 11.6 Å². The van der Waals surface area contributed by atoms with E-state index < -0.39 is 5.97 Å². The lowest BCUT2D eigenvalue weighted by Gasteiger charge is -2.26. The maximum atomic E-state index is 12.1. The van der Waals surface area contributed by atoms with Gasteiger partial charge in [-0.25, -0.2) is 0 Å². The van der Waals surface area contributed by atoms with Crippen LogP contribution in [0.25, 0.3) is 0 Å². The van der Waals surface area contributed by atoms with Crippen molar-refractivity contribution in [2.45, 2.75) is 32.6 Å². The van der Waals surface area contributed by atoms with E-state index >= 15 is 0 Å². The molecule has 0 spiro atoms. The summed E-state index contributed by atoms with van der Waals surface area (Å²) in [5.74, 6) is -0.735. The first-order valence-corrected chi connectivity index (χ1v) is 7.62. The second-order valence-electron chi connectivity index (χ2n) is 5.75. The molecule has 1 aliphatic rings. The Morgan fingerprint density at radius 3 is 2.52 bits per heavy atom. The largest absolute Gasteiger partial charge is 0.481 e. The lowest BCUT2D eigenvalue weighted by Crippen LogP contribution is -2.32. The highest BCUT2D eigenvalue weighted by atomic mass is 35.5. The number of carboxylic acid groups (broad SMARTS) is 1. The Morgan fingerprint density at radius 1 is 1.29 bits per heavy atom. The maximum absolute atomic E-state index is 12.1. The van der Waals surface area contributed by atoms with Crippen molar-refractivity contribution in [3.8, 4) is 0 Å². The third-order valence-corrected chi connectivity index (χ3v) is 4.43. The van der Waals surface area contributed by atoms with Crippen molar-refractivity contribution >= 4 is 23.5 Å². The first kappa shape index (κ1) is 15.8. The molecular weight excluding hydrogens is 290 g/mol. The summed E-state index contributed by atoms with van der Waals surface area (Å²) in [4.78, 5) is 23.0. The molecule has 0 heterocycles. The normalized spacial score (nSPS) is 21.8. The van der Waals surface area contributed by atoms with E-state index in [2.05, 4.69) is 5.32 Å². The topological polar surface area (TPSA) is 66.4 Å². The van der Waals surface area contributed by atoms with Crippen LogP contribution in [-0.4, -0.2) is 23.5 Å². The van der Waals surface area contributed by atoms with E-state index in [9.17, 15) is 9.59 Å². The van der Waals surface area contributed by atoms with E-state index in [1.165, 1.54) is 0 Å². The molecule has 1 aromatic rings. The third-order valence-electron chi connectivity index (χ3n) is 4.12. The summed E-state index contributed by atoms with van der Waals surface area (Å²) in [7, 11) is 0. The second-order valence-corrected chi connectivity index (χ2v) is 6.16. The van der Waals surface area contributed by atoms with Crippen LogP contribution in [0, 0.1) is 18.8 Å². The van der Waals surface area contributed by atoms with Crippen LogP contribution in [0.3, 0.4) is 0 Å². The molecule has 0 saturated heterocycles. The molecule has 0 unspecified atom stereocenters. The molecule has 2 N–H and O–H groups in total. The van der Waals surface area contributed by atoms with Crippen molar-refractivity contribution in [3.05, 3.63) is 34.3 Å². The Hall–Kier alpha value is -1.55. The fourth-order valence-electron chi connectivity index (χ4n) is 2.75. The minimum atomic E-state index is -0.705. The zero-order valence-electron chi connectivity index (χ0n) is 12.1. The zero-order valence-corrected chi connectivity index (χ0v) is 12.8. The quantitative estimate of drug-likeness (QED) is 0.897. The summed E-state index contributed by atoms with van der Waals surface area (Å²) in [6, 6.07) is 5.36. The lowest BCUT2D eigenvalue weighted by molar-refractivity contribution is -0.143. The molecule has 1 saturated carbocycles. The van der Waals surface area contributed by atoms with Crippen molar-refractivity contribution in [1.29, 1.82) is 0 Å². The average molecular weight is 310 g/mol. The van der Waals surface area contributed by atoms with Gasteiger partial charge >= 0.3 is 5.97 Å². The molecule has 0 radical (unpaired) electrons. The molecule has 5 heteroatoms. The first-order chi connectivity index (χ1) is 9.97. The van der Waals surface area contributed by atoms with Crippen molar-refractivity contribution in [2.24, 2.45) is 11.8 Å². The highest BCUT2D eigenvalue weighted by Gasteiger charge is 2.26. The van der Waals surface area contributed by atoms with Gasteiger partial charge in [0.2, 0.25) is 0 Å². The molecular formula is C16H20ClNO3. The smallest absolute Gasteiger partial charge is 0.306 e. The monoisotopic (exact) mass is 309 g/mol. The molecule has 4 nitrogen and oxygen atoms in total. The predicted octanol–water partition coefficient (Wildman–Crippen LogP) is 3.27. The average Bonchev–Trinajstić information content (AvgIpc) is 2.45. The Morgan fingerprint density at radius 2 is 1.95 bits per heavy atom. The standard InChI is InChI=1S/C16H20ClNO3/c1-10-2-7-13(14(17)8-10)15(19)18-9-11-3-5-12(6-4-11)16(20)21/h2,7-8,11-12H,3-6,9H2,1H3,(H,18,19)(H,20,21). The Balaban J connectivity index is 1.83. The minimum absolute atomic E-state index is 0.166. The lowest BCUT2D eigenvalue weighted by atomic mass is 9.82. The number of hydrogen-bond donors (Lipinski definition) is 2. The fourth-order valence-corrected chi connectivity index (χ4v) is 3.07. The molecule has 1 amide bonds. The Kier molecular flexibility index (Phi) is 5.23. The van der Waals surface area contributed by atoms with Crippen molar-refractivity contribution < 1.29 is 14.7 Å². The number of carbonyl (C=O) groups is 2. The van der Waals surface area contributed by atoms with Gasteiger partial charge in [0, 0.05) is 6.54 Å². The van der Waals surface area contributed by atoms with E-state index in [-0.39, 0.29) is 11.8 Å². The van der Waals surface area contributed by atoms with E-state index in [1.807, 2.05) is 13.0 Å². The van der Waals surface area contributed by atoms with Crippen LogP contribution in [0.2, 0.25) is 5.02 Å². The van der Waals surface area contributed by atoms with Gasteiger partial charge in [-0.05, 0) is 56.2 Å². The van der Waals surface area contributed by atoms with Gasteiger partial charge in [-0.1, -0.05) is 17.7 Å². The van der Waals surface area contributed by atoms with Gasteiger partial charge in [0.1, 0.15) is 0 Å². The van der Waals surface area contributed by atoms with E-state index in [0.717, 1.165) is 18.4 Å². The van der Waals surface area contributed by atoms with E-state index in [4.69, 9.17) is 16.7 Å². The van der Waals surface area contributed by atoms with Crippen LogP contribution in [0.15, 0.2) is 18.2 Å². The molecule has 114 valence electrons. The number of carboxylic acids is 1. The number of amides is 1. The van der Waals surface area contributed by atoms with Crippen molar-refractivity contribution in [1.82, 2.24) is 5.32 Å². The number of nitrogens with one attached hydrogen (secondary N) is 1. The molecule has 2 rings (SSSR count). The van der Waals surface area contributed by atoms with Crippen LogP contribution in [0.4, 0.5) is 0 Å². The van der Waals surface area contributed by atoms with Crippen LogP contribution < -0.4 is 5.32 Å². The highest BCUT2D eigenvalue weighted by Crippen LogP contribution is 2.28. The molecule has 1 aromatic carbocycles. The van der Waals surface area contributed by atoms with Gasteiger partial charge < -0.3 is 10.4 Å². The predicted molar refractivity (Wildman–Crippen MR) is 81.6 cm³/mol. The zero-order chi connectivity index (χ0) is 15.4. The summed E-state index contributed by atoms with van der Waals surface area (Å²) in [6.45, 7) is 2.50. The molecule has 1 fully saturated rings. The van der Waals surface area contributed by atoms with Gasteiger partial charge in [0.05, 0.1) is 16.5 Å². The third kappa shape index (κ3) is 4.21. The number of benzene rings is 1. The van der Waals surface area contributed by atoms with E-state index in [0.29, 0.717) is 35.9 Å². The van der Waals surface area contributed by atoms with Crippen molar-refractivity contribution in [2.75, 3.05) is 6.54 Å². The summed E-state index contributed by atoms with van der Waals surface area (Å²) in [6.07, 6.45) is 3.08. The van der Waals surface area contributed by atoms with Gasteiger partial charge in [0.25, 0.3) is 5.91 Å².